The molecule has 1 unspecified atom stereocenters. The van der Waals surface area contributed by atoms with Gasteiger partial charge in [0.2, 0.25) is 0 Å². The van der Waals surface area contributed by atoms with E-state index in [1.165, 1.54) is 12.7 Å². The van der Waals surface area contributed by atoms with Gasteiger partial charge in [0, 0.05) is 0 Å². The fraction of sp³-hybridized carbons (Fsp3) is 0.586. The van der Waals surface area contributed by atoms with Gasteiger partial charge in [0.15, 0.2) is 23.2 Å². The van der Waals surface area contributed by atoms with Gasteiger partial charge < -0.3 is 27.5 Å². The average Bonchev–Trinajstić information content (AvgIpc) is 3.49. The molecule has 0 spiro atoms. The molecule has 0 radical (unpaired) electrons. The highest BCUT2D eigenvalue weighted by Gasteiger charge is 2.61. The van der Waals surface area contributed by atoms with Gasteiger partial charge in [-0.2, -0.15) is 0 Å². The zero-order valence-electron chi connectivity index (χ0n) is 26.1. The van der Waals surface area contributed by atoms with Crippen LogP contribution in [0.5, 0.6) is 5.75 Å². The van der Waals surface area contributed by atoms with Crippen molar-refractivity contribution in [2.24, 2.45) is 0 Å². The number of amides is 1. The number of para-hydroxylation sites is 1. The molecule has 0 bridgehead atoms. The Bertz CT molecular complexity index is 1400. The quantitative estimate of drug-likeness (QED) is 0.315. The molecule has 234 valence electrons. The molecule has 2 fully saturated rings. The number of nitrogens with one attached hydrogen (secondary N) is 1. The van der Waals surface area contributed by atoms with Gasteiger partial charge in [-0.1, -0.05) is 73.6 Å². The number of hydrogen-bond acceptors (Lipinski definition) is 10. The molecule has 1 aromatic carbocycles. The topological polar surface area (TPSA) is 139 Å². The average molecular weight is 630 g/mol. The number of imidazole rings is 1. The maximum Gasteiger partial charge on any atom is 0.418 e. The third-order valence-corrected chi connectivity index (χ3v) is 18.7. The number of fused-ring (bicyclic) bond motifs is 2. The minimum absolute atomic E-state index is 0.108. The standard InChI is InChI=1S/C29H43N5O7Si2/c1-17(2)42(18(3)4)37-14-22-25(40-43(41-42,19(5)6)20(7)8)24(35)28(39-22)34-16-32-23-26(30-15-31-27(23)34)33-29(36)38-21-12-10-9-11-13-21/h9-13,15-20,22,24-25,28,35H,14H2,1-8H3,(H,30,31,33,36)/t22-,24+,25?,28-/m1/s1. The van der Waals surface area contributed by atoms with Crippen LogP contribution >= 0.6 is 0 Å². The molecule has 3 aromatic rings. The van der Waals surface area contributed by atoms with E-state index < -0.39 is 47.8 Å². The van der Waals surface area contributed by atoms with Gasteiger partial charge in [-0.25, -0.2) is 19.7 Å². The number of carbonyl (C=O) groups is 1. The Morgan fingerprint density at radius 1 is 0.977 bits per heavy atom. The van der Waals surface area contributed by atoms with Crippen LogP contribution in [0.2, 0.25) is 22.2 Å². The Balaban J connectivity index is 1.46. The van der Waals surface area contributed by atoms with Gasteiger partial charge in [-0.3, -0.25) is 9.88 Å². The molecule has 2 saturated heterocycles. The molecular weight excluding hydrogens is 587 g/mol. The van der Waals surface area contributed by atoms with Gasteiger partial charge in [0.25, 0.3) is 0 Å². The largest absolute Gasteiger partial charge is 0.418 e. The molecule has 12 nitrogen and oxygen atoms in total. The van der Waals surface area contributed by atoms with E-state index in [2.05, 4.69) is 75.7 Å². The van der Waals surface area contributed by atoms with E-state index in [-0.39, 0.29) is 34.6 Å². The van der Waals surface area contributed by atoms with Crippen LogP contribution in [0.25, 0.3) is 11.2 Å². The molecule has 4 heterocycles. The lowest BCUT2D eigenvalue weighted by Crippen LogP contribution is -2.65. The predicted molar refractivity (Wildman–Crippen MR) is 165 cm³/mol. The second-order valence-corrected chi connectivity index (χ2v) is 21.3. The Labute approximate surface area is 254 Å². The highest BCUT2D eigenvalue weighted by Crippen LogP contribution is 2.48. The van der Waals surface area contributed by atoms with E-state index in [9.17, 15) is 9.90 Å². The van der Waals surface area contributed by atoms with Gasteiger partial charge in [0.05, 0.1) is 12.9 Å². The predicted octanol–water partition coefficient (Wildman–Crippen LogP) is 5.65. The third-order valence-electron chi connectivity index (χ3n) is 8.45. The van der Waals surface area contributed by atoms with Crippen LogP contribution in [-0.4, -0.2) is 72.8 Å². The zero-order valence-corrected chi connectivity index (χ0v) is 28.1. The highest BCUT2D eigenvalue weighted by atomic mass is 28.5. The normalized spacial score (nSPS) is 25.2. The van der Waals surface area contributed by atoms with Crippen molar-refractivity contribution >= 4 is 40.2 Å². The van der Waals surface area contributed by atoms with Crippen molar-refractivity contribution in [2.45, 2.75) is 102 Å². The van der Waals surface area contributed by atoms with Crippen molar-refractivity contribution in [2.75, 3.05) is 11.9 Å². The lowest BCUT2D eigenvalue weighted by molar-refractivity contribution is -0.0570. The first-order chi connectivity index (χ1) is 20.4. The van der Waals surface area contributed by atoms with Crippen LogP contribution < -0.4 is 10.1 Å². The van der Waals surface area contributed by atoms with Crippen molar-refractivity contribution in [3.05, 3.63) is 43.0 Å². The van der Waals surface area contributed by atoms with Gasteiger partial charge in [-0.05, 0) is 34.3 Å². The summed E-state index contributed by atoms with van der Waals surface area (Å²) in [4.78, 5) is 25.6. The minimum Gasteiger partial charge on any atom is -0.414 e. The Morgan fingerprint density at radius 2 is 1.63 bits per heavy atom. The number of aliphatic hydroxyl groups is 1. The maximum atomic E-state index is 12.6. The summed E-state index contributed by atoms with van der Waals surface area (Å²) in [5, 5.41) is 14.4. The summed E-state index contributed by atoms with van der Waals surface area (Å²) in [5.74, 6) is 0.565. The summed E-state index contributed by atoms with van der Waals surface area (Å²) in [7, 11) is -5.71. The molecule has 4 atom stereocenters. The molecule has 2 aromatic heterocycles. The lowest BCUT2D eigenvalue weighted by atomic mass is 10.1. The van der Waals surface area contributed by atoms with Crippen LogP contribution in [0, 0.1) is 0 Å². The van der Waals surface area contributed by atoms with Crippen LogP contribution in [-0.2, 0) is 17.7 Å². The summed E-state index contributed by atoms with van der Waals surface area (Å²) in [5.41, 5.74) is 1.30. The number of anilines is 1. The third kappa shape index (κ3) is 5.77. The second kappa shape index (κ2) is 12.3. The number of carbonyl (C=O) groups excluding carboxylic acids is 1. The number of nitrogens with zero attached hydrogens (tertiary/aromatic N) is 4. The molecule has 14 heteroatoms. The number of benzene rings is 1. The Morgan fingerprint density at radius 3 is 2.26 bits per heavy atom. The Hall–Kier alpha value is -2.73. The molecule has 0 aliphatic carbocycles. The SMILES string of the molecule is CC(C)[Si]1(C(C)C)OC[C@H]2O[C@@H](n3cnc4c(NC(=O)Oc5ccccc5)ncnc43)[C@@H](O)C2O[Si](C(C)C)(C(C)C)O1. The number of aromatic nitrogens is 4. The van der Waals surface area contributed by atoms with E-state index in [0.29, 0.717) is 16.9 Å². The van der Waals surface area contributed by atoms with Crippen molar-refractivity contribution in [1.82, 2.24) is 19.5 Å². The zero-order chi connectivity index (χ0) is 31.1. The molecule has 5 rings (SSSR count). The maximum absolute atomic E-state index is 12.6. The smallest absolute Gasteiger partial charge is 0.414 e. The van der Waals surface area contributed by atoms with E-state index in [1.54, 1.807) is 28.8 Å². The summed E-state index contributed by atoms with van der Waals surface area (Å²) in [6, 6.07) is 8.72. The molecule has 0 saturated carbocycles. The monoisotopic (exact) mass is 629 g/mol. The molecular formula is C29H43N5O7Si2. The minimum atomic E-state index is -2.95. The van der Waals surface area contributed by atoms with Crippen LogP contribution in [0.15, 0.2) is 43.0 Å². The molecule has 1 amide bonds. The first kappa shape index (κ1) is 31.7. The van der Waals surface area contributed by atoms with Crippen molar-refractivity contribution in [1.29, 1.82) is 0 Å². The van der Waals surface area contributed by atoms with Crippen LogP contribution in [0.4, 0.5) is 10.6 Å². The number of rotatable bonds is 7. The number of ether oxygens (including phenoxy) is 2. The summed E-state index contributed by atoms with van der Waals surface area (Å²) in [6.45, 7) is 17.4. The van der Waals surface area contributed by atoms with E-state index in [1.807, 2.05) is 6.07 Å². The fourth-order valence-corrected chi connectivity index (χ4v) is 17.4. The first-order valence-electron chi connectivity index (χ1n) is 15.0. The number of aliphatic hydroxyl groups excluding tert-OH is 1. The molecule has 43 heavy (non-hydrogen) atoms. The molecule has 2 aliphatic heterocycles. The van der Waals surface area contributed by atoms with E-state index in [0.717, 1.165) is 0 Å². The van der Waals surface area contributed by atoms with Gasteiger partial charge in [-0.15, -0.1) is 0 Å². The van der Waals surface area contributed by atoms with E-state index in [4.69, 9.17) is 22.4 Å². The summed E-state index contributed by atoms with van der Waals surface area (Å²) < 4.78 is 34.6. The Kier molecular flexibility index (Phi) is 9.10. The van der Waals surface area contributed by atoms with Crippen molar-refractivity contribution in [3.8, 4) is 5.75 Å². The second-order valence-electron chi connectivity index (χ2n) is 12.5. The van der Waals surface area contributed by atoms with Gasteiger partial charge in [0.1, 0.15) is 30.4 Å². The van der Waals surface area contributed by atoms with Crippen LogP contribution in [0.3, 0.4) is 0 Å². The fourth-order valence-electron chi connectivity index (χ4n) is 6.21. The first-order valence-corrected chi connectivity index (χ1v) is 18.9. The van der Waals surface area contributed by atoms with Crippen molar-refractivity contribution in [3.63, 3.8) is 0 Å². The van der Waals surface area contributed by atoms with Crippen molar-refractivity contribution < 1.29 is 32.3 Å². The molecule has 2 aliphatic rings. The summed E-state index contributed by atoms with van der Waals surface area (Å²) in [6.07, 6.45) is -0.998. The van der Waals surface area contributed by atoms with Gasteiger partial charge >= 0.3 is 23.2 Å². The lowest BCUT2D eigenvalue weighted by Gasteiger charge is -2.51. The number of hydrogen-bond donors (Lipinski definition) is 2. The highest BCUT2D eigenvalue weighted by molar-refractivity contribution is 6.84. The van der Waals surface area contributed by atoms with E-state index >= 15 is 0 Å². The summed E-state index contributed by atoms with van der Waals surface area (Å²) >= 11 is 0. The van der Waals surface area contributed by atoms with Crippen LogP contribution in [0.1, 0.15) is 61.6 Å². The molecule has 2 N–H and O–H groups in total.